The lowest BCUT2D eigenvalue weighted by Crippen LogP contribution is -2.13. The van der Waals surface area contributed by atoms with Crippen molar-refractivity contribution < 1.29 is 12.8 Å². The van der Waals surface area contributed by atoms with Crippen LogP contribution in [0.15, 0.2) is 17.0 Å². The van der Waals surface area contributed by atoms with Crippen LogP contribution in [0.1, 0.15) is 43.9 Å². The Bertz CT molecular complexity index is 441. The molecule has 0 aliphatic heterocycles. The van der Waals surface area contributed by atoms with Crippen LogP contribution in [-0.2, 0) is 20.7 Å². The van der Waals surface area contributed by atoms with Gasteiger partial charge in [-0.15, -0.1) is 0 Å². The number of rotatable bonds is 5. The molecule has 1 rings (SSSR count). The summed E-state index contributed by atoms with van der Waals surface area (Å²) in [6, 6.07) is 4.11. The van der Waals surface area contributed by atoms with E-state index in [0.29, 0.717) is 4.90 Å². The maximum Gasteiger partial charge on any atom is 0.189 e. The van der Waals surface area contributed by atoms with Crippen molar-refractivity contribution in [3.8, 4) is 0 Å². The van der Waals surface area contributed by atoms with E-state index in [1.165, 1.54) is 5.56 Å². The molecule has 0 saturated carbocycles. The molecule has 1 aromatic rings. The molecule has 0 amide bonds. The fraction of sp³-hybridized carbons (Fsp3) is 0.600. The zero-order valence-electron chi connectivity index (χ0n) is 12.4. The van der Waals surface area contributed by atoms with Crippen LogP contribution in [0.5, 0.6) is 0 Å². The van der Waals surface area contributed by atoms with Crippen molar-refractivity contribution in [1.29, 1.82) is 0 Å². The van der Waals surface area contributed by atoms with E-state index in [9.17, 15) is 8.60 Å². The zero-order valence-corrected chi connectivity index (χ0v) is 13.2. The van der Waals surface area contributed by atoms with Crippen LogP contribution < -0.4 is 0 Å². The van der Waals surface area contributed by atoms with Crippen LogP contribution in [0.4, 0.5) is 4.39 Å². The van der Waals surface area contributed by atoms with Gasteiger partial charge in [0.2, 0.25) is 0 Å². The molecule has 4 heteroatoms. The lowest BCUT2D eigenvalue weighted by Gasteiger charge is -2.22. The van der Waals surface area contributed by atoms with Gasteiger partial charge in [-0.3, -0.25) is 8.57 Å². The first-order valence-electron chi connectivity index (χ1n) is 6.50. The Morgan fingerprint density at radius 2 is 1.74 bits per heavy atom. The van der Waals surface area contributed by atoms with Crippen molar-refractivity contribution in [3.05, 3.63) is 28.8 Å². The van der Waals surface area contributed by atoms with Crippen LogP contribution in [-0.4, -0.2) is 17.5 Å². The van der Waals surface area contributed by atoms with Crippen molar-refractivity contribution in [1.82, 2.24) is 0 Å². The van der Waals surface area contributed by atoms with Gasteiger partial charge in [0.1, 0.15) is 0 Å². The first kappa shape index (κ1) is 16.3. The third kappa shape index (κ3) is 4.39. The van der Waals surface area contributed by atoms with Crippen molar-refractivity contribution in [3.63, 3.8) is 0 Å². The minimum absolute atomic E-state index is 0.0601. The zero-order chi connectivity index (χ0) is 14.6. The highest BCUT2D eigenvalue weighted by molar-refractivity contribution is 7.80. The van der Waals surface area contributed by atoms with Gasteiger partial charge in [0.05, 0.1) is 18.2 Å². The number of hydrogen-bond acceptors (Lipinski definition) is 2. The summed E-state index contributed by atoms with van der Waals surface area (Å²) in [6.07, 6.45) is 0.282. The summed E-state index contributed by atoms with van der Waals surface area (Å²) in [5.74, 6) is 0. The summed E-state index contributed by atoms with van der Waals surface area (Å²) >= 11 is -1.51. The Hall–Kier alpha value is -0.740. The maximum absolute atomic E-state index is 12.1. The number of hydrogen-bond donors (Lipinski definition) is 0. The molecule has 0 aliphatic carbocycles. The topological polar surface area (TPSA) is 26.3 Å². The van der Waals surface area contributed by atoms with Gasteiger partial charge >= 0.3 is 0 Å². The molecule has 2 nitrogen and oxygen atoms in total. The summed E-state index contributed by atoms with van der Waals surface area (Å²) in [5.41, 5.74) is 3.20. The number of benzene rings is 1. The van der Waals surface area contributed by atoms with E-state index in [0.717, 1.165) is 11.1 Å². The average molecular weight is 286 g/mol. The minimum Gasteiger partial charge on any atom is -0.287 e. The number of aryl methyl sites for hydroxylation is 2. The molecule has 0 fully saturated rings. The van der Waals surface area contributed by atoms with Crippen LogP contribution in [0.25, 0.3) is 0 Å². The fourth-order valence-electron chi connectivity index (χ4n) is 1.89. The molecule has 108 valence electrons. The first-order valence-corrected chi connectivity index (χ1v) is 7.57. The molecule has 0 aromatic heterocycles. The second-order valence-corrected chi connectivity index (χ2v) is 6.90. The smallest absolute Gasteiger partial charge is 0.189 e. The largest absolute Gasteiger partial charge is 0.287 e. The van der Waals surface area contributed by atoms with Crippen LogP contribution in [0.2, 0.25) is 0 Å². The molecule has 1 atom stereocenters. The molecular weight excluding hydrogens is 263 g/mol. The molecule has 0 heterocycles. The minimum atomic E-state index is -1.51. The normalized spacial score (nSPS) is 13.6. The number of alkyl halides is 1. The van der Waals surface area contributed by atoms with Crippen LogP contribution in [0, 0.1) is 13.8 Å². The van der Waals surface area contributed by atoms with Crippen LogP contribution >= 0.6 is 0 Å². The molecule has 0 N–H and O–H groups in total. The predicted molar refractivity (Wildman–Crippen MR) is 77.6 cm³/mol. The Morgan fingerprint density at radius 3 is 2.16 bits per heavy atom. The van der Waals surface area contributed by atoms with E-state index in [-0.39, 0.29) is 18.4 Å². The molecule has 1 unspecified atom stereocenters. The third-order valence-corrected chi connectivity index (χ3v) is 4.32. The summed E-state index contributed by atoms with van der Waals surface area (Å²) in [7, 11) is 0. The van der Waals surface area contributed by atoms with Gasteiger partial charge in [0, 0.05) is 6.42 Å². The van der Waals surface area contributed by atoms with Crippen molar-refractivity contribution in [2.45, 2.75) is 51.3 Å². The first-order chi connectivity index (χ1) is 8.77. The van der Waals surface area contributed by atoms with Gasteiger partial charge < -0.3 is 0 Å². The molecule has 1 aromatic carbocycles. The van der Waals surface area contributed by atoms with E-state index < -0.39 is 17.8 Å². The van der Waals surface area contributed by atoms with Gasteiger partial charge in [-0.2, -0.15) is 0 Å². The van der Waals surface area contributed by atoms with Crippen LogP contribution in [0.3, 0.4) is 0 Å². The lowest BCUT2D eigenvalue weighted by molar-refractivity contribution is 0.313. The Kier molecular flexibility index (Phi) is 5.68. The SMILES string of the molecule is Cc1cc(C(C)(C)C)cc(C)c1S(=O)OCCCF. The average Bonchev–Trinajstić information content (AvgIpc) is 2.27. The highest BCUT2D eigenvalue weighted by Gasteiger charge is 2.19. The Morgan fingerprint density at radius 1 is 1.21 bits per heavy atom. The second-order valence-electron chi connectivity index (χ2n) is 5.79. The van der Waals surface area contributed by atoms with Gasteiger partial charge in [-0.25, -0.2) is 4.21 Å². The van der Waals surface area contributed by atoms with E-state index >= 15 is 0 Å². The van der Waals surface area contributed by atoms with E-state index in [4.69, 9.17) is 4.18 Å². The molecule has 19 heavy (non-hydrogen) atoms. The molecule has 0 saturated heterocycles. The summed E-state index contributed by atoms with van der Waals surface area (Å²) in [4.78, 5) is 0.715. The lowest BCUT2D eigenvalue weighted by atomic mass is 9.85. The third-order valence-electron chi connectivity index (χ3n) is 2.96. The summed E-state index contributed by atoms with van der Waals surface area (Å²) < 4.78 is 29.3. The molecule has 0 spiro atoms. The second kappa shape index (κ2) is 6.62. The van der Waals surface area contributed by atoms with Crippen molar-refractivity contribution in [2.75, 3.05) is 13.3 Å². The van der Waals surface area contributed by atoms with Gasteiger partial charge in [0.15, 0.2) is 11.1 Å². The standard InChI is InChI=1S/C15H23FO2S/c1-11-9-13(15(3,4)5)10-12(2)14(11)19(17)18-8-6-7-16/h9-10H,6-8H2,1-5H3. The van der Waals surface area contributed by atoms with Crippen molar-refractivity contribution in [2.24, 2.45) is 0 Å². The quantitative estimate of drug-likeness (QED) is 0.765. The highest BCUT2D eigenvalue weighted by Crippen LogP contribution is 2.28. The Labute approximate surface area is 118 Å². The molecule has 0 radical (unpaired) electrons. The van der Waals surface area contributed by atoms with Gasteiger partial charge in [-0.1, -0.05) is 32.9 Å². The van der Waals surface area contributed by atoms with Gasteiger partial charge in [-0.05, 0) is 36.0 Å². The fourth-order valence-corrected chi connectivity index (χ4v) is 2.92. The molecule has 0 aliphatic rings. The molecule has 0 bridgehead atoms. The highest BCUT2D eigenvalue weighted by atomic mass is 32.2. The predicted octanol–water partition coefficient (Wildman–Crippen LogP) is 4.00. The van der Waals surface area contributed by atoms with E-state index in [1.54, 1.807) is 0 Å². The van der Waals surface area contributed by atoms with E-state index in [1.807, 2.05) is 13.8 Å². The maximum atomic E-state index is 12.1. The molecular formula is C15H23FO2S. The summed E-state index contributed by atoms with van der Waals surface area (Å²) in [5, 5.41) is 0. The Balaban J connectivity index is 3.00. The van der Waals surface area contributed by atoms with Crippen molar-refractivity contribution >= 4 is 11.1 Å². The van der Waals surface area contributed by atoms with Gasteiger partial charge in [0.25, 0.3) is 0 Å². The van der Waals surface area contributed by atoms with E-state index in [2.05, 4.69) is 32.9 Å². The summed E-state index contributed by atoms with van der Waals surface area (Å²) in [6.45, 7) is 10.1. The monoisotopic (exact) mass is 286 g/mol. The number of halogens is 1.